The number of rotatable bonds is 17. The summed E-state index contributed by atoms with van der Waals surface area (Å²) in [7, 11) is 0. The highest BCUT2D eigenvalue weighted by atomic mass is 16.4. The van der Waals surface area contributed by atoms with Crippen molar-refractivity contribution in [1.82, 2.24) is 0 Å². The molecule has 0 spiro atoms. The van der Waals surface area contributed by atoms with Gasteiger partial charge in [0.2, 0.25) is 0 Å². The van der Waals surface area contributed by atoms with Gasteiger partial charge < -0.3 is 9.90 Å². The minimum atomic E-state index is -0.826. The van der Waals surface area contributed by atoms with Gasteiger partial charge in [-0.25, -0.2) is 0 Å². The summed E-state index contributed by atoms with van der Waals surface area (Å²) < 4.78 is 0. The van der Waals surface area contributed by atoms with Gasteiger partial charge in [-0.05, 0) is 18.8 Å². The van der Waals surface area contributed by atoms with Crippen LogP contribution in [0, 0.1) is 5.92 Å². The molecule has 0 aromatic heterocycles. The summed E-state index contributed by atoms with van der Waals surface area (Å²) in [5.74, 6) is -1.03. The molecular weight excluding hydrogens is 272 g/mol. The maximum atomic E-state index is 11.1. The number of carboxylic acid groups (broad SMARTS) is 1. The molecule has 22 heavy (non-hydrogen) atoms. The van der Waals surface area contributed by atoms with E-state index in [1.54, 1.807) is 0 Å². The van der Waals surface area contributed by atoms with Gasteiger partial charge in [-0.2, -0.15) is 0 Å². The number of hydrogen-bond acceptors (Lipinski definition) is 2. The number of unbranched alkanes of at least 4 members (excludes halogenated alkanes) is 12. The highest BCUT2D eigenvalue weighted by Crippen LogP contribution is 2.18. The lowest BCUT2D eigenvalue weighted by Crippen LogP contribution is -2.31. The zero-order valence-corrected chi connectivity index (χ0v) is 15.2. The van der Waals surface area contributed by atoms with Crippen molar-refractivity contribution >= 4 is 5.97 Å². The van der Waals surface area contributed by atoms with Crippen LogP contribution in [0.25, 0.3) is 0 Å². The Labute approximate surface area is 139 Å². The molecule has 0 aliphatic carbocycles. The third-order valence-corrected chi connectivity index (χ3v) is 4.65. The van der Waals surface area contributed by atoms with E-state index in [2.05, 4.69) is 13.8 Å². The van der Waals surface area contributed by atoms with Gasteiger partial charge >= 0.3 is 0 Å². The Kier molecular flexibility index (Phi) is 16.4. The topological polar surface area (TPSA) is 40.1 Å². The number of carbonyl (C=O) groups excluding carboxylic acids is 1. The van der Waals surface area contributed by atoms with Crippen LogP contribution in [0.1, 0.15) is 117 Å². The van der Waals surface area contributed by atoms with Crippen molar-refractivity contribution in [2.75, 3.05) is 0 Å². The minimum Gasteiger partial charge on any atom is -0.550 e. The molecule has 0 N–H and O–H groups in total. The van der Waals surface area contributed by atoms with Crippen molar-refractivity contribution in [2.24, 2.45) is 5.92 Å². The lowest BCUT2D eigenvalue weighted by atomic mass is 9.94. The van der Waals surface area contributed by atoms with Crippen molar-refractivity contribution in [3.05, 3.63) is 0 Å². The Morgan fingerprint density at radius 2 is 0.955 bits per heavy atom. The summed E-state index contributed by atoms with van der Waals surface area (Å²) in [5.41, 5.74) is 0. The van der Waals surface area contributed by atoms with Crippen LogP contribution in [0.3, 0.4) is 0 Å². The molecule has 0 heterocycles. The summed E-state index contributed by atoms with van der Waals surface area (Å²) >= 11 is 0. The normalized spacial score (nSPS) is 12.5. The molecule has 0 aliphatic heterocycles. The average molecular weight is 312 g/mol. The molecule has 0 fully saturated rings. The zero-order chi connectivity index (χ0) is 16.5. The van der Waals surface area contributed by atoms with E-state index < -0.39 is 5.97 Å². The summed E-state index contributed by atoms with van der Waals surface area (Å²) in [4.78, 5) is 11.1. The maximum absolute atomic E-state index is 11.1. The summed E-state index contributed by atoms with van der Waals surface area (Å²) in [6.07, 6.45) is 19.3. The van der Waals surface area contributed by atoms with Crippen LogP contribution >= 0.6 is 0 Å². The zero-order valence-electron chi connectivity index (χ0n) is 15.2. The van der Waals surface area contributed by atoms with Crippen molar-refractivity contribution in [2.45, 2.75) is 117 Å². The fourth-order valence-corrected chi connectivity index (χ4v) is 3.08. The SMILES string of the molecule is CCCCCCCCCCCCC(CCCCCC)C(=O)[O-]. The fraction of sp³-hybridized carbons (Fsp3) is 0.950. The highest BCUT2D eigenvalue weighted by Gasteiger charge is 2.09. The van der Waals surface area contributed by atoms with E-state index in [0.717, 1.165) is 32.1 Å². The van der Waals surface area contributed by atoms with Gasteiger partial charge in [0.1, 0.15) is 0 Å². The predicted molar refractivity (Wildman–Crippen MR) is 93.7 cm³/mol. The molecule has 0 aliphatic rings. The van der Waals surface area contributed by atoms with E-state index in [-0.39, 0.29) is 5.92 Å². The van der Waals surface area contributed by atoms with Crippen LogP contribution in [-0.2, 0) is 4.79 Å². The highest BCUT2D eigenvalue weighted by molar-refractivity contribution is 5.67. The number of carboxylic acids is 1. The predicted octanol–water partition coefficient (Wildman–Crippen LogP) is 5.63. The van der Waals surface area contributed by atoms with Crippen molar-refractivity contribution < 1.29 is 9.90 Å². The smallest absolute Gasteiger partial charge is 0.0445 e. The second-order valence-corrected chi connectivity index (χ2v) is 6.84. The molecule has 0 aromatic rings. The molecule has 1 atom stereocenters. The Hall–Kier alpha value is -0.530. The molecule has 2 heteroatoms. The van der Waals surface area contributed by atoms with Crippen molar-refractivity contribution in [1.29, 1.82) is 0 Å². The summed E-state index contributed by atoms with van der Waals surface area (Å²) in [6.45, 7) is 4.43. The lowest BCUT2D eigenvalue weighted by Gasteiger charge is -2.17. The van der Waals surface area contributed by atoms with Crippen LogP contribution in [0.5, 0.6) is 0 Å². The van der Waals surface area contributed by atoms with Crippen molar-refractivity contribution in [3.8, 4) is 0 Å². The lowest BCUT2D eigenvalue weighted by molar-refractivity contribution is -0.312. The molecule has 0 saturated carbocycles. The molecule has 0 radical (unpaired) electrons. The molecule has 0 aromatic carbocycles. The van der Waals surface area contributed by atoms with E-state index in [1.165, 1.54) is 70.6 Å². The molecule has 2 nitrogen and oxygen atoms in total. The first-order valence-electron chi connectivity index (χ1n) is 9.93. The third kappa shape index (κ3) is 14.4. The molecule has 0 saturated heterocycles. The fourth-order valence-electron chi connectivity index (χ4n) is 3.08. The van der Waals surface area contributed by atoms with E-state index in [4.69, 9.17) is 0 Å². The molecule has 0 rings (SSSR count). The third-order valence-electron chi connectivity index (χ3n) is 4.65. The van der Waals surface area contributed by atoms with E-state index in [0.29, 0.717) is 0 Å². The Balaban J connectivity index is 3.42. The molecule has 0 bridgehead atoms. The van der Waals surface area contributed by atoms with Gasteiger partial charge in [0.25, 0.3) is 0 Å². The van der Waals surface area contributed by atoms with Crippen LogP contribution < -0.4 is 5.11 Å². The first-order chi connectivity index (χ1) is 10.7. The summed E-state index contributed by atoms with van der Waals surface area (Å²) in [5, 5.41) is 11.1. The van der Waals surface area contributed by atoms with Gasteiger partial charge in [0.15, 0.2) is 0 Å². The van der Waals surface area contributed by atoms with Gasteiger partial charge in [0, 0.05) is 5.97 Å². The van der Waals surface area contributed by atoms with Crippen LogP contribution in [-0.4, -0.2) is 5.97 Å². The number of hydrogen-bond donors (Lipinski definition) is 0. The van der Waals surface area contributed by atoms with Crippen LogP contribution in [0.2, 0.25) is 0 Å². The Bertz CT molecular complexity index is 238. The standard InChI is InChI=1S/C20H40O2/c1-3-5-7-9-10-11-12-13-14-16-18-19(20(21)22)17-15-8-6-4-2/h19H,3-18H2,1-2H3,(H,21,22)/p-1. The Morgan fingerprint density at radius 3 is 1.32 bits per heavy atom. The largest absolute Gasteiger partial charge is 0.550 e. The second kappa shape index (κ2) is 16.8. The van der Waals surface area contributed by atoms with Crippen LogP contribution in [0.4, 0.5) is 0 Å². The van der Waals surface area contributed by atoms with Crippen molar-refractivity contribution in [3.63, 3.8) is 0 Å². The molecule has 132 valence electrons. The van der Waals surface area contributed by atoms with E-state index in [9.17, 15) is 9.90 Å². The first kappa shape index (κ1) is 21.5. The molecular formula is C20H39O2-. The quantitative estimate of drug-likeness (QED) is 0.326. The van der Waals surface area contributed by atoms with Gasteiger partial charge in [0.05, 0.1) is 0 Å². The molecule has 0 amide bonds. The van der Waals surface area contributed by atoms with E-state index in [1.807, 2.05) is 0 Å². The van der Waals surface area contributed by atoms with Crippen LogP contribution in [0.15, 0.2) is 0 Å². The monoisotopic (exact) mass is 311 g/mol. The Morgan fingerprint density at radius 1 is 0.636 bits per heavy atom. The average Bonchev–Trinajstić information content (AvgIpc) is 2.50. The number of aliphatic carboxylic acids is 1. The second-order valence-electron chi connectivity index (χ2n) is 6.84. The summed E-state index contributed by atoms with van der Waals surface area (Å²) in [6, 6.07) is 0. The van der Waals surface area contributed by atoms with Gasteiger partial charge in [-0.3, -0.25) is 0 Å². The van der Waals surface area contributed by atoms with E-state index >= 15 is 0 Å². The minimum absolute atomic E-state index is 0.203. The maximum Gasteiger partial charge on any atom is 0.0445 e. The van der Waals surface area contributed by atoms with Gasteiger partial charge in [-0.15, -0.1) is 0 Å². The van der Waals surface area contributed by atoms with Gasteiger partial charge in [-0.1, -0.05) is 104 Å². The molecule has 1 unspecified atom stereocenters. The number of carbonyl (C=O) groups is 1. The first-order valence-corrected chi connectivity index (χ1v) is 9.93.